The number of rotatable bonds is 8. The number of esters is 1. The molecule has 0 unspecified atom stereocenters. The van der Waals surface area contributed by atoms with E-state index in [1.165, 1.54) is 30.3 Å². The largest absolute Gasteiger partial charge is 0.490 e. The lowest BCUT2D eigenvalue weighted by atomic mass is 9.90. The molecule has 1 aliphatic rings. The normalized spacial score (nSPS) is 14.6. The summed E-state index contributed by atoms with van der Waals surface area (Å²) in [5.41, 5.74) is 0.370. The van der Waals surface area contributed by atoms with Crippen LogP contribution in [0.5, 0.6) is 11.5 Å². The molecule has 1 aromatic heterocycles. The maximum absolute atomic E-state index is 14.2. The summed E-state index contributed by atoms with van der Waals surface area (Å²) in [4.78, 5) is 23.9. The van der Waals surface area contributed by atoms with E-state index in [2.05, 4.69) is 0 Å². The maximum atomic E-state index is 14.2. The fraction of sp³-hybridized carbons (Fsp3) is 0.345. The fourth-order valence-electron chi connectivity index (χ4n) is 4.51. The highest BCUT2D eigenvalue weighted by molar-refractivity contribution is 7.15. The molecule has 1 aliphatic carbocycles. The van der Waals surface area contributed by atoms with Gasteiger partial charge in [-0.25, -0.2) is 4.79 Å². The molecule has 3 aromatic rings. The summed E-state index contributed by atoms with van der Waals surface area (Å²) >= 11 is 1.11. The SMILES string of the molecule is Cc1cc(C(=O)Oc2ccc([N+](=O)[O-])cc2)sc1/C=C(/c1ccc(OC2CCCC2)cc1C(F)(F)F)C(C)C. The molecular formula is C29H28F3NO5S. The van der Waals surface area contributed by atoms with Crippen molar-refractivity contribution in [2.75, 3.05) is 0 Å². The van der Waals surface area contributed by atoms with Gasteiger partial charge in [-0.05, 0) is 91.6 Å². The van der Waals surface area contributed by atoms with Crippen LogP contribution < -0.4 is 9.47 Å². The van der Waals surface area contributed by atoms with Gasteiger partial charge in [-0.1, -0.05) is 19.9 Å². The van der Waals surface area contributed by atoms with Crippen molar-refractivity contribution in [3.63, 3.8) is 0 Å². The number of ether oxygens (including phenoxy) is 2. The second kappa shape index (κ2) is 11.6. The number of carbonyl (C=O) groups is 1. The van der Waals surface area contributed by atoms with Crippen molar-refractivity contribution in [3.05, 3.63) is 85.1 Å². The Balaban J connectivity index is 1.63. The Morgan fingerprint density at radius 1 is 1.08 bits per heavy atom. The van der Waals surface area contributed by atoms with E-state index in [9.17, 15) is 28.1 Å². The van der Waals surface area contributed by atoms with Gasteiger partial charge in [0.25, 0.3) is 5.69 Å². The van der Waals surface area contributed by atoms with E-state index < -0.39 is 22.6 Å². The van der Waals surface area contributed by atoms with Crippen LogP contribution in [0.25, 0.3) is 11.6 Å². The summed E-state index contributed by atoms with van der Waals surface area (Å²) in [7, 11) is 0. The standard InChI is InChI=1S/C29H28F3NO5S/c1-17(2)24(23-13-12-22(15-25(23)29(30,31)32)37-20-6-4-5-7-20)16-26-18(3)14-27(39-26)28(34)38-21-10-8-19(9-11-21)33(35)36/h8-17,20H,4-7H2,1-3H3/b24-16+. The Kier molecular flexibility index (Phi) is 8.44. The van der Waals surface area contributed by atoms with Gasteiger partial charge in [0.1, 0.15) is 16.4 Å². The van der Waals surface area contributed by atoms with Gasteiger partial charge in [0.05, 0.1) is 16.6 Å². The molecule has 0 radical (unpaired) electrons. The van der Waals surface area contributed by atoms with E-state index in [0.717, 1.165) is 43.1 Å². The van der Waals surface area contributed by atoms with Crippen LogP contribution in [0, 0.1) is 23.0 Å². The van der Waals surface area contributed by atoms with Gasteiger partial charge in [-0.3, -0.25) is 10.1 Å². The van der Waals surface area contributed by atoms with Crippen LogP contribution in [0.3, 0.4) is 0 Å². The first-order valence-electron chi connectivity index (χ1n) is 12.6. The second-order valence-corrected chi connectivity index (χ2v) is 10.9. The van der Waals surface area contributed by atoms with E-state index in [0.29, 0.717) is 16.0 Å². The zero-order valence-electron chi connectivity index (χ0n) is 21.7. The number of nitro benzene ring substituents is 1. The first-order valence-corrected chi connectivity index (χ1v) is 13.4. The van der Waals surface area contributed by atoms with E-state index in [1.807, 2.05) is 13.8 Å². The van der Waals surface area contributed by atoms with Crippen LogP contribution in [-0.4, -0.2) is 17.0 Å². The highest BCUT2D eigenvalue weighted by Crippen LogP contribution is 2.41. The number of alkyl halides is 3. The monoisotopic (exact) mass is 559 g/mol. The number of carbonyl (C=O) groups excluding carboxylic acids is 1. The topological polar surface area (TPSA) is 78.7 Å². The lowest BCUT2D eigenvalue weighted by Gasteiger charge is -2.21. The molecule has 0 saturated heterocycles. The van der Waals surface area contributed by atoms with Gasteiger partial charge in [0.15, 0.2) is 0 Å². The summed E-state index contributed by atoms with van der Waals surface area (Å²) < 4.78 is 53.7. The van der Waals surface area contributed by atoms with Crippen LogP contribution in [0.4, 0.5) is 18.9 Å². The smallest absolute Gasteiger partial charge is 0.417 e. The lowest BCUT2D eigenvalue weighted by molar-refractivity contribution is -0.384. The molecule has 6 nitrogen and oxygen atoms in total. The molecule has 2 aromatic carbocycles. The molecule has 206 valence electrons. The van der Waals surface area contributed by atoms with Crippen molar-refractivity contribution < 1.29 is 32.4 Å². The van der Waals surface area contributed by atoms with Gasteiger partial charge >= 0.3 is 12.1 Å². The molecule has 0 bridgehead atoms. The van der Waals surface area contributed by atoms with Crippen LogP contribution in [0.1, 0.15) is 70.8 Å². The summed E-state index contributed by atoms with van der Waals surface area (Å²) in [6.45, 7) is 5.41. The number of allylic oxidation sites excluding steroid dienone is 1. The van der Waals surface area contributed by atoms with Gasteiger partial charge in [-0.15, -0.1) is 11.3 Å². The molecule has 0 atom stereocenters. The third-order valence-corrected chi connectivity index (χ3v) is 7.70. The first kappa shape index (κ1) is 28.4. The summed E-state index contributed by atoms with van der Waals surface area (Å²) in [5, 5.41) is 10.8. The molecule has 0 spiro atoms. The summed E-state index contributed by atoms with van der Waals surface area (Å²) in [6, 6.07) is 10.9. The first-order chi connectivity index (χ1) is 18.4. The molecule has 10 heteroatoms. The van der Waals surface area contributed by atoms with Gasteiger partial charge < -0.3 is 9.47 Å². The third-order valence-electron chi connectivity index (χ3n) is 6.54. The quantitative estimate of drug-likeness (QED) is 0.119. The average molecular weight is 560 g/mol. The number of nitro groups is 1. The highest BCUT2D eigenvalue weighted by atomic mass is 32.1. The van der Waals surface area contributed by atoms with Crippen molar-refractivity contribution in [3.8, 4) is 11.5 Å². The van der Waals surface area contributed by atoms with Crippen molar-refractivity contribution in [1.82, 2.24) is 0 Å². The zero-order valence-corrected chi connectivity index (χ0v) is 22.5. The van der Waals surface area contributed by atoms with Crippen molar-refractivity contribution in [2.24, 2.45) is 5.92 Å². The number of nitrogens with zero attached hydrogens (tertiary/aromatic N) is 1. The van der Waals surface area contributed by atoms with Crippen LogP contribution in [0.2, 0.25) is 0 Å². The predicted octanol–water partition coefficient (Wildman–Crippen LogP) is 8.72. The Bertz CT molecular complexity index is 1390. The van der Waals surface area contributed by atoms with Crippen LogP contribution >= 0.6 is 11.3 Å². The Hall–Kier alpha value is -3.66. The minimum atomic E-state index is -4.58. The molecule has 1 saturated carbocycles. The summed E-state index contributed by atoms with van der Waals surface area (Å²) in [6.07, 6.45) is 0.754. The predicted molar refractivity (Wildman–Crippen MR) is 144 cm³/mol. The summed E-state index contributed by atoms with van der Waals surface area (Å²) in [5.74, 6) is -0.548. The van der Waals surface area contributed by atoms with Gasteiger partial charge in [0, 0.05) is 17.0 Å². The Labute approximate surface area is 228 Å². The van der Waals surface area contributed by atoms with Crippen LogP contribution in [-0.2, 0) is 6.18 Å². The third kappa shape index (κ3) is 6.86. The highest BCUT2D eigenvalue weighted by Gasteiger charge is 2.35. The molecular weight excluding hydrogens is 531 g/mol. The fourth-order valence-corrected chi connectivity index (χ4v) is 5.51. The molecule has 0 amide bonds. The Morgan fingerprint density at radius 3 is 2.31 bits per heavy atom. The van der Waals surface area contributed by atoms with E-state index in [4.69, 9.17) is 9.47 Å². The molecule has 0 aliphatic heterocycles. The number of halogens is 3. The van der Waals surface area contributed by atoms with E-state index >= 15 is 0 Å². The zero-order chi connectivity index (χ0) is 28.3. The number of thiophene rings is 1. The number of hydrogen-bond donors (Lipinski definition) is 0. The van der Waals surface area contributed by atoms with Crippen molar-refractivity contribution >= 4 is 34.6 Å². The van der Waals surface area contributed by atoms with Crippen molar-refractivity contribution in [2.45, 2.75) is 58.7 Å². The van der Waals surface area contributed by atoms with Crippen molar-refractivity contribution in [1.29, 1.82) is 0 Å². The van der Waals surface area contributed by atoms with Gasteiger partial charge in [0.2, 0.25) is 0 Å². The molecule has 0 N–H and O–H groups in total. The van der Waals surface area contributed by atoms with E-state index in [-0.39, 0.29) is 39.6 Å². The average Bonchev–Trinajstić information content (AvgIpc) is 3.52. The van der Waals surface area contributed by atoms with Crippen LogP contribution in [0.15, 0.2) is 48.5 Å². The minimum absolute atomic E-state index is 0.0602. The molecule has 39 heavy (non-hydrogen) atoms. The maximum Gasteiger partial charge on any atom is 0.417 e. The molecule has 1 heterocycles. The molecule has 4 rings (SSSR count). The molecule has 1 fully saturated rings. The van der Waals surface area contributed by atoms with Gasteiger partial charge in [-0.2, -0.15) is 13.2 Å². The number of aryl methyl sites for hydroxylation is 1. The van der Waals surface area contributed by atoms with E-state index in [1.54, 1.807) is 25.1 Å². The second-order valence-electron chi connectivity index (χ2n) is 9.78. The number of non-ortho nitro benzene ring substituents is 1. The number of benzene rings is 2. The Morgan fingerprint density at radius 2 is 1.72 bits per heavy atom. The minimum Gasteiger partial charge on any atom is -0.490 e. The number of hydrogen-bond acceptors (Lipinski definition) is 6. The lowest BCUT2D eigenvalue weighted by Crippen LogP contribution is -2.14.